The Labute approximate surface area is 114 Å². The van der Waals surface area contributed by atoms with E-state index in [1.54, 1.807) is 41.5 Å². The summed E-state index contributed by atoms with van der Waals surface area (Å²) in [6, 6.07) is -1.18. The number of hydrogen-bond acceptors (Lipinski definition) is 4. The average Bonchev–Trinajstić information content (AvgIpc) is 2.11. The molecule has 3 N–H and O–H groups in total. The van der Waals surface area contributed by atoms with Gasteiger partial charge in [-0.05, 0) is 26.2 Å². The third-order valence-corrected chi connectivity index (χ3v) is 2.45. The van der Waals surface area contributed by atoms with E-state index in [1.165, 1.54) is 0 Å². The number of carboxylic acids is 1. The molecule has 0 spiro atoms. The molecule has 0 heterocycles. The van der Waals surface area contributed by atoms with E-state index in [1.807, 2.05) is 0 Å². The summed E-state index contributed by atoms with van der Waals surface area (Å²) in [5.74, 6) is -1.20. The highest BCUT2D eigenvalue weighted by atomic mass is 16.6. The smallest absolute Gasteiger partial charge is 0.408 e. The number of amides is 1. The van der Waals surface area contributed by atoms with Gasteiger partial charge in [-0.2, -0.15) is 0 Å². The molecule has 0 aliphatic rings. The van der Waals surface area contributed by atoms with Gasteiger partial charge in [-0.25, -0.2) is 9.59 Å². The van der Waals surface area contributed by atoms with E-state index in [0.717, 1.165) is 0 Å². The Kier molecular flexibility index (Phi) is 5.81. The van der Waals surface area contributed by atoms with Crippen LogP contribution < -0.4 is 5.32 Å². The van der Waals surface area contributed by atoms with Crippen molar-refractivity contribution in [2.45, 2.75) is 65.7 Å². The number of carbonyl (C=O) groups is 2. The van der Waals surface area contributed by atoms with Crippen LogP contribution in [-0.4, -0.2) is 40.0 Å². The predicted octanol–water partition coefficient (Wildman–Crippen LogP) is 1.76. The first-order chi connectivity index (χ1) is 8.33. The Morgan fingerprint density at radius 3 is 1.95 bits per heavy atom. The lowest BCUT2D eigenvalue weighted by atomic mass is 9.85. The molecule has 6 heteroatoms. The summed E-state index contributed by atoms with van der Waals surface area (Å²) < 4.78 is 4.99. The lowest BCUT2D eigenvalue weighted by Gasteiger charge is -2.29. The summed E-state index contributed by atoms with van der Waals surface area (Å²) in [5.41, 5.74) is -1.15. The van der Waals surface area contributed by atoms with Crippen molar-refractivity contribution in [1.29, 1.82) is 0 Å². The Hall–Kier alpha value is -1.30. The van der Waals surface area contributed by atoms with Gasteiger partial charge in [-0.15, -0.1) is 0 Å². The second-order valence-electron chi connectivity index (χ2n) is 6.65. The van der Waals surface area contributed by atoms with Crippen molar-refractivity contribution >= 4 is 12.1 Å². The van der Waals surface area contributed by atoms with Gasteiger partial charge in [-0.1, -0.05) is 20.8 Å². The predicted molar refractivity (Wildman–Crippen MR) is 70.9 cm³/mol. The van der Waals surface area contributed by atoms with Crippen LogP contribution in [0.25, 0.3) is 0 Å². The fourth-order valence-electron chi connectivity index (χ4n) is 1.25. The van der Waals surface area contributed by atoms with Crippen molar-refractivity contribution in [1.82, 2.24) is 5.32 Å². The molecule has 2 unspecified atom stereocenters. The molecule has 0 rings (SSSR count). The second kappa shape index (κ2) is 6.23. The molecule has 0 aromatic heterocycles. The number of aliphatic hydroxyl groups is 1. The number of carbonyl (C=O) groups excluding carboxylic acids is 1. The monoisotopic (exact) mass is 275 g/mol. The molecule has 0 radical (unpaired) electrons. The molecule has 0 saturated carbocycles. The number of nitrogens with one attached hydrogen (secondary N) is 1. The van der Waals surface area contributed by atoms with Crippen LogP contribution >= 0.6 is 0 Å². The minimum Gasteiger partial charge on any atom is -0.480 e. The summed E-state index contributed by atoms with van der Waals surface area (Å²) in [4.78, 5) is 22.6. The van der Waals surface area contributed by atoms with E-state index in [2.05, 4.69) is 5.32 Å². The maximum atomic E-state index is 11.5. The van der Waals surface area contributed by atoms with Gasteiger partial charge in [0.1, 0.15) is 11.6 Å². The SMILES string of the molecule is CC(C)(C)OC(=O)NC(CC(O)C(C)(C)C)C(=O)O. The van der Waals surface area contributed by atoms with Crippen LogP contribution in [0.2, 0.25) is 0 Å². The van der Waals surface area contributed by atoms with Crippen LogP contribution in [0.1, 0.15) is 48.0 Å². The fourth-order valence-corrected chi connectivity index (χ4v) is 1.25. The molecule has 0 aliphatic carbocycles. The first kappa shape index (κ1) is 17.7. The molecule has 0 aromatic carbocycles. The van der Waals surface area contributed by atoms with Crippen LogP contribution in [0, 0.1) is 5.41 Å². The second-order valence-corrected chi connectivity index (χ2v) is 6.65. The van der Waals surface area contributed by atoms with Gasteiger partial charge in [0.25, 0.3) is 0 Å². The highest BCUT2D eigenvalue weighted by Crippen LogP contribution is 2.22. The van der Waals surface area contributed by atoms with Crippen LogP contribution in [0.5, 0.6) is 0 Å². The van der Waals surface area contributed by atoms with E-state index in [9.17, 15) is 14.7 Å². The van der Waals surface area contributed by atoms with Crippen LogP contribution in [0.15, 0.2) is 0 Å². The summed E-state index contributed by atoms with van der Waals surface area (Å²) in [5, 5.41) is 21.2. The van der Waals surface area contributed by atoms with E-state index in [4.69, 9.17) is 9.84 Å². The van der Waals surface area contributed by atoms with Crippen molar-refractivity contribution in [3.05, 3.63) is 0 Å². The number of carboxylic acid groups (broad SMARTS) is 1. The zero-order valence-corrected chi connectivity index (χ0v) is 12.5. The van der Waals surface area contributed by atoms with E-state index >= 15 is 0 Å². The van der Waals surface area contributed by atoms with Gasteiger partial charge < -0.3 is 20.3 Å². The molecule has 0 aromatic rings. The highest BCUT2D eigenvalue weighted by molar-refractivity contribution is 5.80. The van der Waals surface area contributed by atoms with Gasteiger partial charge in [-0.3, -0.25) is 0 Å². The zero-order chi connectivity index (χ0) is 15.4. The number of aliphatic hydroxyl groups excluding tert-OH is 1. The van der Waals surface area contributed by atoms with Crippen LogP contribution in [0.3, 0.4) is 0 Å². The molecule has 0 bridgehead atoms. The van der Waals surface area contributed by atoms with E-state index in [-0.39, 0.29) is 6.42 Å². The van der Waals surface area contributed by atoms with E-state index in [0.29, 0.717) is 0 Å². The molecule has 2 atom stereocenters. The zero-order valence-electron chi connectivity index (χ0n) is 12.5. The van der Waals surface area contributed by atoms with Gasteiger partial charge >= 0.3 is 12.1 Å². The van der Waals surface area contributed by atoms with E-state index < -0.39 is 35.2 Å². The number of aliphatic carboxylic acids is 1. The standard InChI is InChI=1S/C13H25NO5/c1-12(2,3)9(15)7-8(10(16)17)14-11(18)19-13(4,5)6/h8-9,15H,7H2,1-6H3,(H,14,18)(H,16,17). The lowest BCUT2D eigenvalue weighted by molar-refractivity contribution is -0.140. The maximum absolute atomic E-state index is 11.5. The van der Waals surface area contributed by atoms with Gasteiger partial charge in [0.2, 0.25) is 0 Å². The minimum absolute atomic E-state index is 0.0714. The Bertz CT molecular complexity index is 327. The summed E-state index contributed by atoms with van der Waals surface area (Å²) in [6.45, 7) is 10.4. The molecule has 0 saturated heterocycles. The molecule has 6 nitrogen and oxygen atoms in total. The first-order valence-corrected chi connectivity index (χ1v) is 6.23. The first-order valence-electron chi connectivity index (χ1n) is 6.23. The van der Waals surface area contributed by atoms with Gasteiger partial charge in [0.15, 0.2) is 0 Å². The van der Waals surface area contributed by atoms with Crippen molar-refractivity contribution in [3.63, 3.8) is 0 Å². The molecular formula is C13H25NO5. The lowest BCUT2D eigenvalue weighted by Crippen LogP contribution is -2.46. The van der Waals surface area contributed by atoms with Crippen LogP contribution in [0.4, 0.5) is 4.79 Å². The van der Waals surface area contributed by atoms with Gasteiger partial charge in [0.05, 0.1) is 6.10 Å². The normalized spacial score (nSPS) is 15.5. The molecule has 19 heavy (non-hydrogen) atoms. The summed E-state index contributed by atoms with van der Waals surface area (Å²) in [6.07, 6.45) is -1.72. The fraction of sp³-hybridized carbons (Fsp3) is 0.846. The Morgan fingerprint density at radius 1 is 1.16 bits per heavy atom. The third-order valence-electron chi connectivity index (χ3n) is 2.45. The topological polar surface area (TPSA) is 95.9 Å². The number of alkyl carbamates (subject to hydrolysis) is 1. The number of rotatable bonds is 4. The van der Waals surface area contributed by atoms with Crippen molar-refractivity contribution in [2.24, 2.45) is 5.41 Å². The molecule has 112 valence electrons. The summed E-state index contributed by atoms with van der Waals surface area (Å²) >= 11 is 0. The molecule has 1 amide bonds. The molecule has 0 fully saturated rings. The number of hydrogen-bond donors (Lipinski definition) is 3. The Morgan fingerprint density at radius 2 is 1.63 bits per heavy atom. The molecule has 0 aliphatic heterocycles. The van der Waals surface area contributed by atoms with Gasteiger partial charge in [0, 0.05) is 6.42 Å². The van der Waals surface area contributed by atoms with Crippen molar-refractivity contribution in [2.75, 3.05) is 0 Å². The molecular weight excluding hydrogens is 250 g/mol. The largest absolute Gasteiger partial charge is 0.480 e. The maximum Gasteiger partial charge on any atom is 0.408 e. The highest BCUT2D eigenvalue weighted by Gasteiger charge is 2.31. The van der Waals surface area contributed by atoms with Crippen molar-refractivity contribution in [3.8, 4) is 0 Å². The van der Waals surface area contributed by atoms with Crippen LogP contribution in [-0.2, 0) is 9.53 Å². The quantitative estimate of drug-likeness (QED) is 0.726. The Balaban J connectivity index is 4.60. The summed E-state index contributed by atoms with van der Waals surface area (Å²) in [7, 11) is 0. The third kappa shape index (κ3) is 7.66. The number of ether oxygens (including phenoxy) is 1. The van der Waals surface area contributed by atoms with Crippen molar-refractivity contribution < 1.29 is 24.5 Å². The average molecular weight is 275 g/mol. The minimum atomic E-state index is -1.20.